The van der Waals surface area contributed by atoms with Gasteiger partial charge in [0.15, 0.2) is 0 Å². The molecular formula is C23H24F3N5O2. The number of likely N-dealkylation sites (tertiary alicyclic amines) is 1. The number of amides is 1. The largest absolute Gasteiger partial charge is 0.416 e. The van der Waals surface area contributed by atoms with E-state index in [2.05, 4.69) is 15.4 Å². The third-order valence-corrected chi connectivity index (χ3v) is 5.96. The highest BCUT2D eigenvalue weighted by atomic mass is 19.4. The molecule has 1 aliphatic rings. The first kappa shape index (κ1) is 22.9. The van der Waals surface area contributed by atoms with Crippen molar-refractivity contribution in [2.45, 2.75) is 44.5 Å². The quantitative estimate of drug-likeness (QED) is 0.633. The average molecular weight is 459 g/mol. The van der Waals surface area contributed by atoms with Gasteiger partial charge in [0.2, 0.25) is 11.7 Å². The van der Waals surface area contributed by atoms with Gasteiger partial charge in [-0.1, -0.05) is 36.4 Å². The SMILES string of the molecule is CC(=O)N1CCC(O)(Cn2nnc(-c3ccccc3Cc3ccc(C(F)(F)F)cc3)n2)CC1. The molecule has 0 atom stereocenters. The highest BCUT2D eigenvalue weighted by molar-refractivity contribution is 5.73. The minimum atomic E-state index is -4.37. The van der Waals surface area contributed by atoms with Crippen molar-refractivity contribution in [3.05, 3.63) is 65.2 Å². The Bertz CT molecular complexity index is 1120. The van der Waals surface area contributed by atoms with Crippen molar-refractivity contribution >= 4 is 5.91 Å². The van der Waals surface area contributed by atoms with Gasteiger partial charge in [-0.25, -0.2) is 0 Å². The van der Waals surface area contributed by atoms with Gasteiger partial charge in [0, 0.05) is 25.6 Å². The Hall–Kier alpha value is -3.27. The highest BCUT2D eigenvalue weighted by Crippen LogP contribution is 2.30. The number of carbonyl (C=O) groups is 1. The molecule has 0 saturated carbocycles. The highest BCUT2D eigenvalue weighted by Gasteiger charge is 2.34. The van der Waals surface area contributed by atoms with Crippen LogP contribution in [0.1, 0.15) is 36.5 Å². The summed E-state index contributed by atoms with van der Waals surface area (Å²) in [5.74, 6) is 0.366. The molecule has 2 heterocycles. The number of tetrazole rings is 1. The van der Waals surface area contributed by atoms with Gasteiger partial charge >= 0.3 is 6.18 Å². The molecule has 0 bridgehead atoms. The zero-order chi connectivity index (χ0) is 23.6. The fourth-order valence-corrected chi connectivity index (χ4v) is 4.00. The fourth-order valence-electron chi connectivity index (χ4n) is 4.00. The Balaban J connectivity index is 1.48. The molecule has 0 spiro atoms. The van der Waals surface area contributed by atoms with E-state index >= 15 is 0 Å². The molecule has 1 saturated heterocycles. The number of aromatic nitrogens is 4. The monoisotopic (exact) mass is 459 g/mol. The van der Waals surface area contributed by atoms with E-state index < -0.39 is 17.3 Å². The molecule has 1 amide bonds. The summed E-state index contributed by atoms with van der Waals surface area (Å²) in [6.07, 6.45) is -3.11. The topological polar surface area (TPSA) is 84.1 Å². The molecule has 174 valence electrons. The molecule has 4 rings (SSSR count). The zero-order valence-corrected chi connectivity index (χ0v) is 18.1. The standard InChI is InChI=1S/C23H24F3N5O2/c1-16(32)30-12-10-22(33,11-13-30)15-31-28-21(27-29-31)20-5-3-2-4-18(20)14-17-6-8-19(9-7-17)23(24,25)26/h2-9,33H,10-15H2,1H3. The van der Waals surface area contributed by atoms with Crippen LogP contribution in [0, 0.1) is 0 Å². The molecule has 7 nitrogen and oxygen atoms in total. The predicted molar refractivity (Wildman–Crippen MR) is 114 cm³/mol. The first-order chi connectivity index (χ1) is 15.6. The second-order valence-electron chi connectivity index (χ2n) is 8.40. The van der Waals surface area contributed by atoms with Crippen LogP contribution in [0.4, 0.5) is 13.2 Å². The van der Waals surface area contributed by atoms with Crippen molar-refractivity contribution in [1.82, 2.24) is 25.1 Å². The van der Waals surface area contributed by atoms with Gasteiger partial charge in [-0.15, -0.1) is 10.2 Å². The van der Waals surface area contributed by atoms with Gasteiger partial charge in [0.05, 0.1) is 17.7 Å². The number of benzene rings is 2. The summed E-state index contributed by atoms with van der Waals surface area (Å²) >= 11 is 0. The number of hydrogen-bond acceptors (Lipinski definition) is 5. The normalized spacial score (nSPS) is 16.1. The van der Waals surface area contributed by atoms with Crippen molar-refractivity contribution in [3.8, 4) is 11.4 Å². The van der Waals surface area contributed by atoms with Crippen LogP contribution in [0.25, 0.3) is 11.4 Å². The molecule has 3 aromatic rings. The van der Waals surface area contributed by atoms with E-state index in [1.165, 1.54) is 23.9 Å². The van der Waals surface area contributed by atoms with Gasteiger partial charge in [-0.05, 0) is 47.7 Å². The fraction of sp³-hybridized carbons (Fsp3) is 0.391. The molecule has 1 fully saturated rings. The van der Waals surface area contributed by atoms with Crippen LogP contribution in [0.5, 0.6) is 0 Å². The van der Waals surface area contributed by atoms with E-state index in [1.54, 1.807) is 4.90 Å². The van der Waals surface area contributed by atoms with Crippen LogP contribution in [-0.4, -0.2) is 54.8 Å². The van der Waals surface area contributed by atoms with E-state index in [9.17, 15) is 23.1 Å². The van der Waals surface area contributed by atoms with E-state index in [0.717, 1.165) is 28.8 Å². The number of piperidine rings is 1. The summed E-state index contributed by atoms with van der Waals surface area (Å²) in [5.41, 5.74) is 0.599. The molecule has 33 heavy (non-hydrogen) atoms. The minimum Gasteiger partial charge on any atom is -0.388 e. The molecule has 1 aromatic heterocycles. The number of carbonyl (C=O) groups excluding carboxylic acids is 1. The first-order valence-electron chi connectivity index (χ1n) is 10.6. The van der Waals surface area contributed by atoms with Crippen molar-refractivity contribution in [1.29, 1.82) is 0 Å². The number of nitrogens with zero attached hydrogens (tertiary/aromatic N) is 5. The summed E-state index contributed by atoms with van der Waals surface area (Å²) in [5, 5.41) is 23.5. The van der Waals surface area contributed by atoms with Gasteiger partial charge in [-0.3, -0.25) is 4.79 Å². The number of rotatable bonds is 5. The van der Waals surface area contributed by atoms with E-state index in [1.807, 2.05) is 24.3 Å². The van der Waals surface area contributed by atoms with Crippen LogP contribution in [0.3, 0.4) is 0 Å². The van der Waals surface area contributed by atoms with Crippen molar-refractivity contribution in [3.63, 3.8) is 0 Å². The number of halogens is 3. The van der Waals surface area contributed by atoms with Gasteiger partial charge in [0.1, 0.15) is 0 Å². The van der Waals surface area contributed by atoms with E-state index in [4.69, 9.17) is 0 Å². The maximum atomic E-state index is 12.8. The third-order valence-electron chi connectivity index (χ3n) is 5.96. The van der Waals surface area contributed by atoms with Gasteiger partial charge in [-0.2, -0.15) is 18.0 Å². The summed E-state index contributed by atoms with van der Waals surface area (Å²) in [6, 6.07) is 12.5. The van der Waals surface area contributed by atoms with Crippen LogP contribution in [-0.2, 0) is 23.9 Å². The lowest BCUT2D eigenvalue weighted by atomic mass is 9.91. The van der Waals surface area contributed by atoms with Gasteiger partial charge in [0.25, 0.3) is 0 Å². The maximum Gasteiger partial charge on any atom is 0.416 e. The molecule has 0 aliphatic carbocycles. The summed E-state index contributed by atoms with van der Waals surface area (Å²) in [4.78, 5) is 14.6. The van der Waals surface area contributed by atoms with Crippen molar-refractivity contribution in [2.75, 3.05) is 13.1 Å². The number of alkyl halides is 3. The Kier molecular flexibility index (Phi) is 6.20. The zero-order valence-electron chi connectivity index (χ0n) is 18.1. The van der Waals surface area contributed by atoms with Crippen molar-refractivity contribution in [2.24, 2.45) is 0 Å². The predicted octanol–water partition coefficient (Wildman–Crippen LogP) is 3.32. The average Bonchev–Trinajstić information content (AvgIpc) is 3.22. The molecular weight excluding hydrogens is 435 g/mol. The Morgan fingerprint density at radius 1 is 1.09 bits per heavy atom. The van der Waals surface area contributed by atoms with Crippen LogP contribution in [0.2, 0.25) is 0 Å². The summed E-state index contributed by atoms with van der Waals surface area (Å²) in [6.45, 7) is 2.62. The lowest BCUT2D eigenvalue weighted by Crippen LogP contribution is -2.48. The Morgan fingerprint density at radius 3 is 2.39 bits per heavy atom. The summed E-state index contributed by atoms with van der Waals surface area (Å²) in [7, 11) is 0. The van der Waals surface area contributed by atoms with Crippen LogP contribution < -0.4 is 0 Å². The van der Waals surface area contributed by atoms with Crippen LogP contribution in [0.15, 0.2) is 48.5 Å². The van der Waals surface area contributed by atoms with Gasteiger partial charge < -0.3 is 10.0 Å². The lowest BCUT2D eigenvalue weighted by molar-refractivity contribution is -0.137. The second kappa shape index (κ2) is 8.93. The smallest absolute Gasteiger partial charge is 0.388 e. The Morgan fingerprint density at radius 2 is 1.76 bits per heavy atom. The molecule has 2 aromatic carbocycles. The molecule has 0 unspecified atom stereocenters. The summed E-state index contributed by atoms with van der Waals surface area (Å²) < 4.78 is 38.5. The van der Waals surface area contributed by atoms with Crippen LogP contribution >= 0.6 is 0 Å². The lowest BCUT2D eigenvalue weighted by Gasteiger charge is -2.37. The second-order valence-corrected chi connectivity index (χ2v) is 8.40. The Labute approximate surface area is 188 Å². The van der Waals surface area contributed by atoms with Crippen molar-refractivity contribution < 1.29 is 23.1 Å². The molecule has 1 N–H and O–H groups in total. The number of hydrogen-bond donors (Lipinski definition) is 1. The molecule has 0 radical (unpaired) electrons. The van der Waals surface area contributed by atoms with E-state index in [-0.39, 0.29) is 12.5 Å². The number of aliphatic hydroxyl groups is 1. The minimum absolute atomic E-state index is 0.0112. The molecule has 1 aliphatic heterocycles. The maximum absolute atomic E-state index is 12.8. The van der Waals surface area contributed by atoms with E-state index in [0.29, 0.717) is 38.2 Å². The first-order valence-corrected chi connectivity index (χ1v) is 10.6. The third kappa shape index (κ3) is 5.39. The molecule has 10 heteroatoms.